The number of nitrogens with two attached hydrogens (primary N) is 1. The molecule has 1 aromatic carbocycles. The lowest BCUT2D eigenvalue weighted by Gasteiger charge is -2.17. The van der Waals surface area contributed by atoms with Crippen LogP contribution in [0.4, 0.5) is 5.69 Å². The Kier molecular flexibility index (Phi) is 5.01. The molecule has 0 bridgehead atoms. The molecule has 0 aliphatic carbocycles. The van der Waals surface area contributed by atoms with Crippen molar-refractivity contribution in [3.8, 4) is 0 Å². The summed E-state index contributed by atoms with van der Waals surface area (Å²) in [6.45, 7) is 8.52. The molecule has 0 atom stereocenters. The van der Waals surface area contributed by atoms with E-state index in [1.807, 2.05) is 18.2 Å². The van der Waals surface area contributed by atoms with Crippen molar-refractivity contribution in [3.63, 3.8) is 0 Å². The fraction of sp³-hybridized carbons (Fsp3) is 0.562. The molecule has 1 saturated heterocycles. The fourth-order valence-electron chi connectivity index (χ4n) is 2.75. The van der Waals surface area contributed by atoms with Crippen LogP contribution in [-0.4, -0.2) is 37.0 Å². The van der Waals surface area contributed by atoms with Gasteiger partial charge in [-0.05, 0) is 49.5 Å². The molecule has 0 radical (unpaired) electrons. The van der Waals surface area contributed by atoms with Gasteiger partial charge in [0, 0.05) is 24.3 Å². The van der Waals surface area contributed by atoms with Crippen LogP contribution < -0.4 is 11.1 Å². The molecular formula is C16H25N3O. The van der Waals surface area contributed by atoms with E-state index in [2.05, 4.69) is 24.1 Å². The van der Waals surface area contributed by atoms with Crippen molar-refractivity contribution in [2.24, 2.45) is 5.73 Å². The largest absolute Gasteiger partial charge is 0.384 e. The maximum Gasteiger partial charge on any atom is 0.249 e. The lowest BCUT2D eigenvalue weighted by atomic mass is 9.96. The molecule has 4 heteroatoms. The third kappa shape index (κ3) is 3.73. The number of hydrogen-bond acceptors (Lipinski definition) is 3. The summed E-state index contributed by atoms with van der Waals surface area (Å²) in [5, 5.41) is 3.38. The summed E-state index contributed by atoms with van der Waals surface area (Å²) in [7, 11) is 0. The van der Waals surface area contributed by atoms with E-state index >= 15 is 0 Å². The maximum atomic E-state index is 11.5. The number of benzene rings is 1. The van der Waals surface area contributed by atoms with E-state index in [1.165, 1.54) is 25.9 Å². The van der Waals surface area contributed by atoms with Crippen molar-refractivity contribution < 1.29 is 4.79 Å². The normalized spacial score (nSPS) is 15.8. The first kappa shape index (κ1) is 14.9. The number of carbonyl (C=O) groups is 1. The molecule has 4 nitrogen and oxygen atoms in total. The van der Waals surface area contributed by atoms with E-state index in [0.29, 0.717) is 11.5 Å². The third-order valence-electron chi connectivity index (χ3n) is 3.90. The number of anilines is 1. The van der Waals surface area contributed by atoms with Crippen molar-refractivity contribution in [2.45, 2.75) is 32.6 Å². The number of amides is 1. The van der Waals surface area contributed by atoms with Crippen LogP contribution >= 0.6 is 0 Å². The van der Waals surface area contributed by atoms with E-state index in [9.17, 15) is 4.79 Å². The molecule has 1 aliphatic heterocycles. The maximum absolute atomic E-state index is 11.5. The van der Waals surface area contributed by atoms with Crippen molar-refractivity contribution in [1.82, 2.24) is 4.90 Å². The quantitative estimate of drug-likeness (QED) is 0.838. The van der Waals surface area contributed by atoms with Crippen LogP contribution in [0.15, 0.2) is 18.2 Å². The van der Waals surface area contributed by atoms with Crippen LogP contribution in [0.1, 0.15) is 48.5 Å². The summed E-state index contributed by atoms with van der Waals surface area (Å²) in [6, 6.07) is 5.91. The highest BCUT2D eigenvalue weighted by atomic mass is 16.1. The Bertz CT molecular complexity index is 465. The minimum Gasteiger partial charge on any atom is -0.384 e. The molecule has 0 spiro atoms. The Balaban J connectivity index is 1.97. The van der Waals surface area contributed by atoms with Crippen molar-refractivity contribution >= 4 is 11.6 Å². The number of nitrogens with one attached hydrogen (secondary N) is 1. The summed E-state index contributed by atoms with van der Waals surface area (Å²) in [4.78, 5) is 14.0. The second-order valence-electron chi connectivity index (χ2n) is 5.80. The van der Waals surface area contributed by atoms with Crippen LogP contribution in [0.5, 0.6) is 0 Å². The second kappa shape index (κ2) is 6.75. The summed E-state index contributed by atoms with van der Waals surface area (Å²) in [6.07, 6.45) is 2.63. The van der Waals surface area contributed by atoms with Gasteiger partial charge in [-0.3, -0.25) is 4.79 Å². The molecule has 1 fully saturated rings. The smallest absolute Gasteiger partial charge is 0.249 e. The third-order valence-corrected chi connectivity index (χ3v) is 3.90. The van der Waals surface area contributed by atoms with Crippen LogP contribution in [0, 0.1) is 0 Å². The standard InChI is InChI=1S/C16H25N3O/c1-12(2)14-6-5-13(11-15(14)16(17)20)18-7-10-19-8-3-4-9-19/h5-6,11-12,18H,3-4,7-10H2,1-2H3,(H2,17,20). The fourth-order valence-corrected chi connectivity index (χ4v) is 2.75. The van der Waals surface area contributed by atoms with Crippen LogP contribution in [0.2, 0.25) is 0 Å². The molecule has 1 aromatic rings. The van der Waals surface area contributed by atoms with Crippen molar-refractivity contribution in [1.29, 1.82) is 0 Å². The van der Waals surface area contributed by atoms with Gasteiger partial charge in [0.25, 0.3) is 0 Å². The molecule has 0 saturated carbocycles. The lowest BCUT2D eigenvalue weighted by Crippen LogP contribution is -2.26. The van der Waals surface area contributed by atoms with Gasteiger partial charge in [0.2, 0.25) is 5.91 Å². The molecule has 1 aliphatic rings. The molecule has 0 aromatic heterocycles. The van der Waals surface area contributed by atoms with Gasteiger partial charge < -0.3 is 16.0 Å². The zero-order valence-corrected chi connectivity index (χ0v) is 12.5. The summed E-state index contributed by atoms with van der Waals surface area (Å²) >= 11 is 0. The van der Waals surface area contributed by atoms with Gasteiger partial charge in [0.1, 0.15) is 0 Å². The van der Waals surface area contributed by atoms with Gasteiger partial charge in [0.15, 0.2) is 0 Å². The zero-order valence-electron chi connectivity index (χ0n) is 12.5. The first-order valence-electron chi connectivity index (χ1n) is 7.48. The summed E-state index contributed by atoms with van der Waals surface area (Å²) in [5.41, 5.74) is 8.10. The Morgan fingerprint density at radius 2 is 2.05 bits per heavy atom. The van der Waals surface area contributed by atoms with Gasteiger partial charge in [-0.1, -0.05) is 19.9 Å². The number of nitrogens with zero attached hydrogens (tertiary/aromatic N) is 1. The number of hydrogen-bond donors (Lipinski definition) is 2. The number of rotatable bonds is 6. The number of primary amides is 1. The van der Waals surface area contributed by atoms with Crippen LogP contribution in [0.25, 0.3) is 0 Å². The Labute approximate surface area is 121 Å². The van der Waals surface area contributed by atoms with E-state index in [0.717, 1.165) is 24.3 Å². The van der Waals surface area contributed by atoms with E-state index in [-0.39, 0.29) is 5.91 Å². The van der Waals surface area contributed by atoms with E-state index in [4.69, 9.17) is 5.73 Å². The average Bonchev–Trinajstić information content (AvgIpc) is 2.91. The van der Waals surface area contributed by atoms with Gasteiger partial charge >= 0.3 is 0 Å². The molecule has 1 heterocycles. The topological polar surface area (TPSA) is 58.4 Å². The Hall–Kier alpha value is -1.55. The lowest BCUT2D eigenvalue weighted by molar-refractivity contribution is 0.0999. The summed E-state index contributed by atoms with van der Waals surface area (Å²) in [5.74, 6) is -0.0481. The van der Waals surface area contributed by atoms with Crippen molar-refractivity contribution in [3.05, 3.63) is 29.3 Å². The molecule has 2 rings (SSSR count). The highest BCUT2D eigenvalue weighted by molar-refractivity contribution is 5.95. The zero-order chi connectivity index (χ0) is 14.5. The van der Waals surface area contributed by atoms with Gasteiger partial charge in [-0.25, -0.2) is 0 Å². The van der Waals surface area contributed by atoms with E-state index in [1.54, 1.807) is 0 Å². The van der Waals surface area contributed by atoms with Crippen LogP contribution in [0.3, 0.4) is 0 Å². The van der Waals surface area contributed by atoms with Gasteiger partial charge in [0.05, 0.1) is 0 Å². The second-order valence-corrected chi connectivity index (χ2v) is 5.80. The SMILES string of the molecule is CC(C)c1ccc(NCCN2CCCC2)cc1C(N)=O. The average molecular weight is 275 g/mol. The minimum absolute atomic E-state index is 0.302. The predicted molar refractivity (Wildman–Crippen MR) is 83.2 cm³/mol. The van der Waals surface area contributed by atoms with Crippen molar-refractivity contribution in [2.75, 3.05) is 31.5 Å². The minimum atomic E-state index is -0.350. The molecule has 3 N–H and O–H groups in total. The first-order valence-corrected chi connectivity index (χ1v) is 7.48. The van der Waals surface area contributed by atoms with Crippen LogP contribution in [-0.2, 0) is 0 Å². The molecular weight excluding hydrogens is 250 g/mol. The summed E-state index contributed by atoms with van der Waals surface area (Å²) < 4.78 is 0. The monoisotopic (exact) mass is 275 g/mol. The van der Waals surface area contributed by atoms with Gasteiger partial charge in [-0.15, -0.1) is 0 Å². The molecule has 1 amide bonds. The highest BCUT2D eigenvalue weighted by Crippen LogP contribution is 2.22. The first-order chi connectivity index (χ1) is 9.58. The number of likely N-dealkylation sites (tertiary alicyclic amines) is 1. The highest BCUT2D eigenvalue weighted by Gasteiger charge is 2.13. The molecule has 110 valence electrons. The number of carbonyl (C=O) groups excluding carboxylic acids is 1. The van der Waals surface area contributed by atoms with Gasteiger partial charge in [-0.2, -0.15) is 0 Å². The van der Waals surface area contributed by atoms with E-state index < -0.39 is 0 Å². The predicted octanol–water partition coefficient (Wildman–Crippen LogP) is 2.42. The Morgan fingerprint density at radius 1 is 1.35 bits per heavy atom. The molecule has 0 unspecified atom stereocenters. The molecule has 20 heavy (non-hydrogen) atoms. The Morgan fingerprint density at radius 3 is 2.65 bits per heavy atom.